The molecule has 19 heavy (non-hydrogen) atoms. The van der Waals surface area contributed by atoms with E-state index in [-0.39, 0.29) is 0 Å². The zero-order valence-corrected chi connectivity index (χ0v) is 12.1. The maximum Gasteiger partial charge on any atom is 0.107 e. The fraction of sp³-hybridized carbons (Fsp3) is 0.429. The molecule has 0 aromatic heterocycles. The summed E-state index contributed by atoms with van der Waals surface area (Å²) in [6.07, 6.45) is 9.94. The van der Waals surface area contributed by atoms with E-state index in [1.165, 1.54) is 5.57 Å². The monoisotopic (exact) mass is 263 g/mol. The predicted molar refractivity (Wildman–Crippen MR) is 84.4 cm³/mol. The van der Waals surface area contributed by atoms with Gasteiger partial charge in [0.05, 0.1) is 6.54 Å². The molecule has 0 saturated heterocycles. The molecule has 0 aliphatic rings. The maximum absolute atomic E-state index is 5.62. The maximum atomic E-state index is 5.62. The first kappa shape index (κ1) is 17.1. The van der Waals surface area contributed by atoms with Gasteiger partial charge < -0.3 is 16.0 Å². The van der Waals surface area contributed by atoms with Crippen molar-refractivity contribution in [3.8, 4) is 0 Å². The molecule has 0 saturated carbocycles. The number of nitrogens with zero attached hydrogens (tertiary/aromatic N) is 3. The SMILES string of the molecule is C=CC=N/C=C\N(C)/C=C(\CC)CNCC(N)=NC. The van der Waals surface area contributed by atoms with Crippen molar-refractivity contribution in [3.63, 3.8) is 0 Å². The summed E-state index contributed by atoms with van der Waals surface area (Å²) in [6.45, 7) is 7.08. The quantitative estimate of drug-likeness (QED) is 0.489. The molecule has 0 fully saturated rings. The molecule has 0 radical (unpaired) electrons. The summed E-state index contributed by atoms with van der Waals surface area (Å²) in [4.78, 5) is 9.88. The van der Waals surface area contributed by atoms with Gasteiger partial charge in [0.2, 0.25) is 0 Å². The van der Waals surface area contributed by atoms with Gasteiger partial charge in [-0.1, -0.05) is 19.6 Å². The van der Waals surface area contributed by atoms with E-state index < -0.39 is 0 Å². The van der Waals surface area contributed by atoms with E-state index >= 15 is 0 Å². The van der Waals surface area contributed by atoms with E-state index in [1.54, 1.807) is 25.5 Å². The molecule has 5 heteroatoms. The van der Waals surface area contributed by atoms with Crippen molar-refractivity contribution in [1.29, 1.82) is 0 Å². The molecule has 0 aromatic rings. The second kappa shape index (κ2) is 11.2. The van der Waals surface area contributed by atoms with Gasteiger partial charge in [-0.05, 0) is 12.0 Å². The van der Waals surface area contributed by atoms with Crippen LogP contribution in [0.4, 0.5) is 0 Å². The number of allylic oxidation sites excluding steroid dienone is 1. The lowest BCUT2D eigenvalue weighted by Crippen LogP contribution is -2.30. The number of hydrogen-bond acceptors (Lipinski definition) is 4. The Morgan fingerprint density at radius 3 is 2.74 bits per heavy atom. The fourth-order valence-electron chi connectivity index (χ4n) is 1.28. The molecule has 106 valence electrons. The molecule has 0 heterocycles. The number of aliphatic imine (C=N–C) groups is 2. The van der Waals surface area contributed by atoms with E-state index in [1.807, 2.05) is 18.1 Å². The first-order valence-corrected chi connectivity index (χ1v) is 6.28. The van der Waals surface area contributed by atoms with Crippen molar-refractivity contribution >= 4 is 12.1 Å². The highest BCUT2D eigenvalue weighted by atomic mass is 15.1. The number of nitrogens with one attached hydrogen (secondary N) is 1. The molecule has 0 aromatic carbocycles. The Morgan fingerprint density at radius 1 is 1.42 bits per heavy atom. The summed E-state index contributed by atoms with van der Waals surface area (Å²) < 4.78 is 0. The first-order chi connectivity index (χ1) is 9.13. The van der Waals surface area contributed by atoms with Gasteiger partial charge in [0.1, 0.15) is 5.84 Å². The van der Waals surface area contributed by atoms with Gasteiger partial charge >= 0.3 is 0 Å². The second-order valence-electron chi connectivity index (χ2n) is 3.96. The Bertz CT molecular complexity index is 366. The largest absolute Gasteiger partial charge is 0.386 e. The third-order valence-electron chi connectivity index (χ3n) is 2.37. The van der Waals surface area contributed by atoms with Gasteiger partial charge in [-0.3, -0.25) is 9.98 Å². The van der Waals surface area contributed by atoms with E-state index in [2.05, 4.69) is 35.0 Å². The summed E-state index contributed by atoms with van der Waals surface area (Å²) in [6, 6.07) is 0. The molecular formula is C14H25N5. The van der Waals surface area contributed by atoms with Crippen LogP contribution in [-0.4, -0.2) is 44.1 Å². The van der Waals surface area contributed by atoms with Crippen LogP contribution in [0.5, 0.6) is 0 Å². The Balaban J connectivity index is 4.25. The summed E-state index contributed by atoms with van der Waals surface area (Å²) >= 11 is 0. The smallest absolute Gasteiger partial charge is 0.107 e. The highest BCUT2D eigenvalue weighted by molar-refractivity contribution is 5.82. The zero-order valence-electron chi connectivity index (χ0n) is 12.1. The van der Waals surface area contributed by atoms with Crippen molar-refractivity contribution in [3.05, 3.63) is 36.8 Å². The standard InChI is InChI=1S/C14H25N5/c1-5-7-17-8-9-19(4)12-13(6-2)10-18-11-14(15)16-3/h5,7-9,12,18H,1,6,10-11H2,2-4H3,(H2,15,16)/b9-8-,13-12+,17-7?. The van der Waals surface area contributed by atoms with Crippen LogP contribution in [0.15, 0.2) is 46.8 Å². The Kier molecular flexibility index (Phi) is 10.1. The van der Waals surface area contributed by atoms with Gasteiger partial charge in [-0.2, -0.15) is 0 Å². The Hall–Kier alpha value is -1.88. The third-order valence-corrected chi connectivity index (χ3v) is 2.37. The van der Waals surface area contributed by atoms with Crippen LogP contribution in [0.25, 0.3) is 0 Å². The molecule has 0 aliphatic carbocycles. The van der Waals surface area contributed by atoms with Crippen LogP contribution in [0.1, 0.15) is 13.3 Å². The normalized spacial score (nSPS) is 13.4. The van der Waals surface area contributed by atoms with E-state index in [0.29, 0.717) is 12.4 Å². The summed E-state index contributed by atoms with van der Waals surface area (Å²) in [5, 5.41) is 3.25. The van der Waals surface area contributed by atoms with E-state index in [9.17, 15) is 0 Å². The van der Waals surface area contributed by atoms with Crippen LogP contribution >= 0.6 is 0 Å². The fourth-order valence-corrected chi connectivity index (χ4v) is 1.28. The minimum absolute atomic E-state index is 0.608. The highest BCUT2D eigenvalue weighted by Crippen LogP contribution is 2.01. The first-order valence-electron chi connectivity index (χ1n) is 6.28. The van der Waals surface area contributed by atoms with Gasteiger partial charge in [0, 0.05) is 45.5 Å². The predicted octanol–water partition coefficient (Wildman–Crippen LogP) is 1.52. The lowest BCUT2D eigenvalue weighted by atomic mass is 10.2. The van der Waals surface area contributed by atoms with Crippen LogP contribution in [-0.2, 0) is 0 Å². The zero-order chi connectivity index (χ0) is 14.5. The average Bonchev–Trinajstić information content (AvgIpc) is 2.42. The van der Waals surface area contributed by atoms with Gasteiger partial charge in [0.15, 0.2) is 0 Å². The number of hydrogen-bond donors (Lipinski definition) is 2. The van der Waals surface area contributed by atoms with Crippen molar-refractivity contribution in [2.24, 2.45) is 15.7 Å². The van der Waals surface area contributed by atoms with Crippen LogP contribution < -0.4 is 11.1 Å². The molecule has 3 N–H and O–H groups in total. The molecule has 0 unspecified atom stereocenters. The summed E-state index contributed by atoms with van der Waals surface area (Å²) in [5.41, 5.74) is 6.90. The lowest BCUT2D eigenvalue weighted by molar-refractivity contribution is 0.607. The topological polar surface area (TPSA) is 66.0 Å². The highest BCUT2D eigenvalue weighted by Gasteiger charge is 1.96. The van der Waals surface area contributed by atoms with E-state index in [0.717, 1.165) is 13.0 Å². The van der Waals surface area contributed by atoms with Gasteiger partial charge in [-0.25, -0.2) is 0 Å². The molecule has 0 spiro atoms. The minimum Gasteiger partial charge on any atom is -0.386 e. The molecule has 5 nitrogen and oxygen atoms in total. The minimum atomic E-state index is 0.608. The lowest BCUT2D eigenvalue weighted by Gasteiger charge is -2.12. The van der Waals surface area contributed by atoms with Crippen LogP contribution in [0, 0.1) is 0 Å². The number of amidine groups is 1. The Labute approximate surface area is 116 Å². The number of nitrogens with two attached hydrogens (primary N) is 1. The van der Waals surface area contributed by atoms with Gasteiger partial charge in [0.25, 0.3) is 0 Å². The molecule has 0 bridgehead atoms. The average molecular weight is 263 g/mol. The summed E-state index contributed by atoms with van der Waals surface area (Å²) in [7, 11) is 3.66. The van der Waals surface area contributed by atoms with E-state index in [4.69, 9.17) is 5.73 Å². The van der Waals surface area contributed by atoms with Crippen LogP contribution in [0.2, 0.25) is 0 Å². The van der Waals surface area contributed by atoms with Crippen molar-refractivity contribution in [2.45, 2.75) is 13.3 Å². The van der Waals surface area contributed by atoms with Crippen LogP contribution in [0.3, 0.4) is 0 Å². The second-order valence-corrected chi connectivity index (χ2v) is 3.96. The molecule has 0 rings (SSSR count). The van der Waals surface area contributed by atoms with Gasteiger partial charge in [-0.15, -0.1) is 0 Å². The molecule has 0 aliphatic heterocycles. The molecular weight excluding hydrogens is 238 g/mol. The van der Waals surface area contributed by atoms with Crippen molar-refractivity contribution in [2.75, 3.05) is 27.2 Å². The van der Waals surface area contributed by atoms with Crippen molar-refractivity contribution in [1.82, 2.24) is 10.2 Å². The molecule has 0 amide bonds. The third kappa shape index (κ3) is 9.79. The summed E-state index contributed by atoms with van der Waals surface area (Å²) in [5.74, 6) is 0.613. The number of rotatable bonds is 9. The van der Waals surface area contributed by atoms with Crippen molar-refractivity contribution < 1.29 is 0 Å². The Morgan fingerprint density at radius 2 is 2.16 bits per heavy atom. The molecule has 0 atom stereocenters.